The molecule has 20 heavy (non-hydrogen) atoms. The number of benzene rings is 1. The van der Waals surface area contributed by atoms with Crippen molar-refractivity contribution in [2.75, 3.05) is 11.9 Å². The summed E-state index contributed by atoms with van der Waals surface area (Å²) in [5.41, 5.74) is -0.282. The molecule has 0 N–H and O–H groups in total. The van der Waals surface area contributed by atoms with Crippen LogP contribution in [-0.4, -0.2) is 33.5 Å². The largest absolute Gasteiger partial charge is 0.282 e. The molecule has 0 aromatic heterocycles. The minimum atomic E-state index is -0.630. The quantitative estimate of drug-likeness (QED) is 0.357. The van der Waals surface area contributed by atoms with Gasteiger partial charge < -0.3 is 0 Å². The summed E-state index contributed by atoms with van der Waals surface area (Å²) >= 11 is 3.34. The molecule has 0 bridgehead atoms. The van der Waals surface area contributed by atoms with Crippen molar-refractivity contribution >= 4 is 33.4 Å². The lowest BCUT2D eigenvalue weighted by atomic mass is 10.1. The van der Waals surface area contributed by atoms with E-state index in [0.717, 1.165) is 11.3 Å². The zero-order valence-electron chi connectivity index (χ0n) is 10.8. The fourth-order valence-corrected chi connectivity index (χ4v) is 2.84. The van der Waals surface area contributed by atoms with E-state index >= 15 is 0 Å². The van der Waals surface area contributed by atoms with Gasteiger partial charge in [-0.3, -0.25) is 24.6 Å². The molecule has 1 aromatic carbocycles. The fraction of sp³-hybridized carbons (Fsp3) is 0.385. The molecule has 1 unspecified atom stereocenters. The first-order valence-corrected chi connectivity index (χ1v) is 7.33. The second kappa shape index (κ2) is 5.70. The van der Waals surface area contributed by atoms with Gasteiger partial charge in [-0.05, 0) is 12.0 Å². The molecule has 0 spiro atoms. The lowest BCUT2D eigenvalue weighted by molar-refractivity contribution is -0.385. The van der Waals surface area contributed by atoms with Crippen molar-refractivity contribution in [1.82, 2.24) is 4.90 Å². The van der Waals surface area contributed by atoms with Gasteiger partial charge in [-0.15, -0.1) is 0 Å². The van der Waals surface area contributed by atoms with Gasteiger partial charge in [0, 0.05) is 17.9 Å². The number of amides is 2. The summed E-state index contributed by atoms with van der Waals surface area (Å²) in [7, 11) is 0. The predicted molar refractivity (Wildman–Crippen MR) is 76.0 cm³/mol. The van der Waals surface area contributed by atoms with Crippen LogP contribution in [0.3, 0.4) is 0 Å². The molecule has 1 aromatic rings. The average molecular weight is 341 g/mol. The minimum Gasteiger partial charge on any atom is -0.274 e. The number of hydrogen-bond acceptors (Lipinski definition) is 4. The first-order chi connectivity index (χ1) is 9.51. The van der Waals surface area contributed by atoms with Gasteiger partial charge in [-0.25, -0.2) is 0 Å². The third-order valence-electron chi connectivity index (χ3n) is 3.41. The van der Waals surface area contributed by atoms with Crippen molar-refractivity contribution in [3.8, 4) is 0 Å². The van der Waals surface area contributed by atoms with Crippen LogP contribution >= 0.6 is 15.9 Å². The molecule has 1 aliphatic rings. The Morgan fingerprint density at radius 1 is 1.35 bits per heavy atom. The van der Waals surface area contributed by atoms with E-state index in [0.29, 0.717) is 5.33 Å². The first kappa shape index (κ1) is 14.6. The van der Waals surface area contributed by atoms with Crippen LogP contribution in [-0.2, 0) is 0 Å². The van der Waals surface area contributed by atoms with Crippen LogP contribution in [0, 0.1) is 16.0 Å². The summed E-state index contributed by atoms with van der Waals surface area (Å²) in [6, 6.07) is 4.13. The Kier molecular flexibility index (Phi) is 4.17. The van der Waals surface area contributed by atoms with E-state index in [1.54, 1.807) is 0 Å². The van der Waals surface area contributed by atoms with Crippen LogP contribution in [0.5, 0.6) is 0 Å². The summed E-state index contributed by atoms with van der Waals surface area (Å²) < 4.78 is 0. The summed E-state index contributed by atoms with van der Waals surface area (Å²) in [6.07, 6.45) is 0.806. The highest BCUT2D eigenvalue weighted by atomic mass is 79.9. The molecule has 0 aliphatic carbocycles. The van der Waals surface area contributed by atoms with Crippen LogP contribution in [0.2, 0.25) is 0 Å². The molecule has 106 valence electrons. The standard InChI is InChI=1S/C13H13BrN2O4/c1-2-8(6-14)7-15-12(17)9-4-3-5-10(16(19)20)11(9)13(15)18/h3-5,8H,2,6-7H2,1H3. The van der Waals surface area contributed by atoms with Gasteiger partial charge in [0.1, 0.15) is 5.56 Å². The van der Waals surface area contributed by atoms with E-state index < -0.39 is 16.7 Å². The first-order valence-electron chi connectivity index (χ1n) is 6.20. The van der Waals surface area contributed by atoms with Crippen molar-refractivity contribution in [3.63, 3.8) is 0 Å². The normalized spacial score (nSPS) is 15.4. The highest BCUT2D eigenvalue weighted by molar-refractivity contribution is 9.09. The average Bonchev–Trinajstić information content (AvgIpc) is 2.69. The molecule has 7 heteroatoms. The second-order valence-electron chi connectivity index (χ2n) is 4.61. The molecule has 6 nitrogen and oxygen atoms in total. The van der Waals surface area contributed by atoms with E-state index in [4.69, 9.17) is 0 Å². The number of nitro groups is 1. The number of nitrogens with zero attached hydrogens (tertiary/aromatic N) is 2. The Labute approximate surface area is 124 Å². The van der Waals surface area contributed by atoms with Crippen LogP contribution in [0.25, 0.3) is 0 Å². The fourth-order valence-electron chi connectivity index (χ4n) is 2.18. The summed E-state index contributed by atoms with van der Waals surface area (Å²) in [5, 5.41) is 11.6. The summed E-state index contributed by atoms with van der Waals surface area (Å²) in [5.74, 6) is -0.888. The third-order valence-corrected chi connectivity index (χ3v) is 4.33. The van der Waals surface area contributed by atoms with Crippen molar-refractivity contribution in [2.24, 2.45) is 5.92 Å². The van der Waals surface area contributed by atoms with Gasteiger partial charge in [-0.1, -0.05) is 35.3 Å². The monoisotopic (exact) mass is 340 g/mol. The van der Waals surface area contributed by atoms with E-state index in [1.165, 1.54) is 18.2 Å². The number of imide groups is 1. The Morgan fingerprint density at radius 3 is 2.60 bits per heavy atom. The maximum Gasteiger partial charge on any atom is 0.282 e. The highest BCUT2D eigenvalue weighted by Crippen LogP contribution is 2.31. The Morgan fingerprint density at radius 2 is 2.05 bits per heavy atom. The van der Waals surface area contributed by atoms with Crippen LogP contribution in [0.15, 0.2) is 18.2 Å². The minimum absolute atomic E-state index is 0.0908. The van der Waals surface area contributed by atoms with Crippen molar-refractivity contribution in [2.45, 2.75) is 13.3 Å². The molecule has 0 saturated heterocycles. The number of carbonyl (C=O) groups is 2. The summed E-state index contributed by atoms with van der Waals surface area (Å²) in [4.78, 5) is 35.9. The molecular formula is C13H13BrN2O4. The van der Waals surface area contributed by atoms with Crippen molar-refractivity contribution in [3.05, 3.63) is 39.4 Å². The maximum atomic E-state index is 12.3. The van der Waals surface area contributed by atoms with E-state index in [1.807, 2.05) is 6.92 Å². The third kappa shape index (κ3) is 2.33. The Hall–Kier alpha value is -1.76. The van der Waals surface area contributed by atoms with Gasteiger partial charge in [0.25, 0.3) is 17.5 Å². The zero-order chi connectivity index (χ0) is 14.9. The number of carbonyl (C=O) groups excluding carboxylic acids is 2. The van der Waals surface area contributed by atoms with Crippen LogP contribution < -0.4 is 0 Å². The highest BCUT2D eigenvalue weighted by Gasteiger charge is 2.41. The van der Waals surface area contributed by atoms with Crippen LogP contribution in [0.1, 0.15) is 34.1 Å². The number of hydrogen-bond donors (Lipinski definition) is 0. The topological polar surface area (TPSA) is 80.5 Å². The smallest absolute Gasteiger partial charge is 0.274 e. The molecule has 0 fully saturated rings. The molecule has 0 radical (unpaired) electrons. The van der Waals surface area contributed by atoms with E-state index in [-0.39, 0.29) is 29.3 Å². The lowest BCUT2D eigenvalue weighted by Gasteiger charge is -2.19. The number of fused-ring (bicyclic) bond motifs is 1. The number of alkyl halides is 1. The van der Waals surface area contributed by atoms with Gasteiger partial charge in [0.15, 0.2) is 0 Å². The van der Waals surface area contributed by atoms with Gasteiger partial charge in [-0.2, -0.15) is 0 Å². The predicted octanol–water partition coefficient (Wildman–Crippen LogP) is 2.61. The van der Waals surface area contributed by atoms with Crippen molar-refractivity contribution < 1.29 is 14.5 Å². The number of halogens is 1. The molecule has 1 aliphatic heterocycles. The molecule has 1 heterocycles. The van der Waals surface area contributed by atoms with Gasteiger partial charge in [0.05, 0.1) is 10.5 Å². The SMILES string of the molecule is CCC(CBr)CN1C(=O)c2cccc([N+](=O)[O-])c2C1=O. The van der Waals surface area contributed by atoms with Gasteiger partial charge >= 0.3 is 0 Å². The van der Waals surface area contributed by atoms with E-state index in [9.17, 15) is 19.7 Å². The molecule has 0 saturated carbocycles. The number of nitro benzene ring substituents is 1. The summed E-state index contributed by atoms with van der Waals surface area (Å²) in [6.45, 7) is 2.23. The molecule has 1 atom stereocenters. The van der Waals surface area contributed by atoms with Gasteiger partial charge in [0.2, 0.25) is 0 Å². The molecular weight excluding hydrogens is 328 g/mol. The second-order valence-corrected chi connectivity index (χ2v) is 5.25. The Bertz CT molecular complexity index is 584. The Balaban J connectivity index is 2.40. The van der Waals surface area contributed by atoms with E-state index in [2.05, 4.69) is 15.9 Å². The van der Waals surface area contributed by atoms with Crippen LogP contribution in [0.4, 0.5) is 5.69 Å². The zero-order valence-corrected chi connectivity index (χ0v) is 12.4. The molecule has 2 amide bonds. The lowest BCUT2D eigenvalue weighted by Crippen LogP contribution is -2.35. The molecule has 2 rings (SSSR count). The van der Waals surface area contributed by atoms with Crippen molar-refractivity contribution in [1.29, 1.82) is 0 Å². The number of rotatable bonds is 5. The maximum absolute atomic E-state index is 12.3.